The van der Waals surface area contributed by atoms with Gasteiger partial charge < -0.3 is 19.7 Å². The van der Waals surface area contributed by atoms with Crippen molar-refractivity contribution < 1.29 is 14.3 Å². The zero-order valence-corrected chi connectivity index (χ0v) is 22.5. The fourth-order valence-electron chi connectivity index (χ4n) is 4.32. The number of fused-ring (bicyclic) bond motifs is 1. The van der Waals surface area contributed by atoms with Crippen molar-refractivity contribution in [2.45, 2.75) is 19.6 Å². The molecule has 198 valence electrons. The summed E-state index contributed by atoms with van der Waals surface area (Å²) in [5, 5.41) is 3.92. The van der Waals surface area contributed by atoms with Gasteiger partial charge in [0.15, 0.2) is 11.5 Å². The molecule has 0 unspecified atom stereocenters. The SMILES string of the molecule is CN1CC(NCCc2ccc(OCc3ccccc3)c(OCc3ccccc3)c2)=Nc2ccc(Cl)cc2C1=O. The number of nitrogens with one attached hydrogen (secondary N) is 1. The maximum Gasteiger partial charge on any atom is 0.256 e. The minimum atomic E-state index is -0.0978. The van der Waals surface area contributed by atoms with E-state index in [0.29, 0.717) is 54.1 Å². The van der Waals surface area contributed by atoms with Crippen LogP contribution in [-0.4, -0.2) is 36.8 Å². The first kappa shape index (κ1) is 26.3. The summed E-state index contributed by atoms with van der Waals surface area (Å²) in [6, 6.07) is 31.4. The predicted octanol–water partition coefficient (Wildman–Crippen LogP) is 6.45. The second-order valence-corrected chi connectivity index (χ2v) is 9.82. The van der Waals surface area contributed by atoms with Crippen molar-refractivity contribution in [1.82, 2.24) is 10.2 Å². The Bertz CT molecular complexity index is 1460. The minimum absolute atomic E-state index is 0.0978. The highest BCUT2D eigenvalue weighted by Crippen LogP contribution is 2.31. The Kier molecular flexibility index (Phi) is 8.44. The number of rotatable bonds is 9. The summed E-state index contributed by atoms with van der Waals surface area (Å²) in [5.74, 6) is 2.04. The number of amidine groups is 1. The molecule has 0 saturated heterocycles. The lowest BCUT2D eigenvalue weighted by molar-refractivity contribution is 0.0816. The number of halogens is 1. The van der Waals surface area contributed by atoms with Gasteiger partial charge in [0, 0.05) is 18.6 Å². The monoisotopic (exact) mass is 539 g/mol. The van der Waals surface area contributed by atoms with Crippen LogP contribution in [0.4, 0.5) is 5.69 Å². The van der Waals surface area contributed by atoms with Gasteiger partial charge in [-0.2, -0.15) is 0 Å². The van der Waals surface area contributed by atoms with Crippen LogP contribution < -0.4 is 14.8 Å². The van der Waals surface area contributed by atoms with Crippen LogP contribution >= 0.6 is 11.6 Å². The summed E-state index contributed by atoms with van der Waals surface area (Å²) in [6.45, 7) is 1.95. The maximum atomic E-state index is 12.7. The van der Waals surface area contributed by atoms with Crippen molar-refractivity contribution in [2.75, 3.05) is 20.1 Å². The highest BCUT2D eigenvalue weighted by Gasteiger charge is 2.21. The number of amides is 1. The number of hydrogen-bond donors (Lipinski definition) is 1. The lowest BCUT2D eigenvalue weighted by Gasteiger charge is -2.17. The average molecular weight is 540 g/mol. The number of ether oxygens (including phenoxy) is 2. The van der Waals surface area contributed by atoms with E-state index in [-0.39, 0.29) is 5.91 Å². The number of carbonyl (C=O) groups excluding carboxylic acids is 1. The Labute approximate surface area is 233 Å². The molecule has 39 heavy (non-hydrogen) atoms. The zero-order valence-electron chi connectivity index (χ0n) is 21.8. The lowest BCUT2D eigenvalue weighted by atomic mass is 10.1. The van der Waals surface area contributed by atoms with E-state index in [2.05, 4.69) is 11.4 Å². The standard InChI is InChI=1S/C32H30ClN3O3/c1-36-20-31(35-28-14-13-26(33)19-27(28)32(36)37)34-17-16-23-12-15-29(38-21-24-8-4-2-5-9-24)30(18-23)39-22-25-10-6-3-7-11-25/h2-15,18-19H,16-17,20-22H2,1H3,(H,34,35). The highest BCUT2D eigenvalue weighted by atomic mass is 35.5. The second-order valence-electron chi connectivity index (χ2n) is 9.39. The van der Waals surface area contributed by atoms with Crippen LogP contribution in [0, 0.1) is 0 Å². The first-order valence-electron chi connectivity index (χ1n) is 12.9. The maximum absolute atomic E-state index is 12.7. The fraction of sp³-hybridized carbons (Fsp3) is 0.188. The quantitative estimate of drug-likeness (QED) is 0.266. The summed E-state index contributed by atoms with van der Waals surface area (Å²) in [7, 11) is 1.76. The summed E-state index contributed by atoms with van der Waals surface area (Å²) < 4.78 is 12.4. The number of likely N-dealkylation sites (N-methyl/N-ethyl adjacent to an activating group) is 1. The molecule has 1 N–H and O–H groups in total. The Morgan fingerprint density at radius 1 is 0.821 bits per heavy atom. The molecule has 0 saturated carbocycles. The van der Waals surface area contributed by atoms with Crippen LogP contribution in [0.5, 0.6) is 11.5 Å². The van der Waals surface area contributed by atoms with Gasteiger partial charge in [-0.15, -0.1) is 0 Å². The molecule has 1 heterocycles. The normalized spacial score (nSPS) is 12.8. The number of nitrogens with zero attached hydrogens (tertiary/aromatic N) is 2. The predicted molar refractivity (Wildman–Crippen MR) is 155 cm³/mol. The van der Waals surface area contributed by atoms with Crippen LogP contribution in [0.15, 0.2) is 102 Å². The number of aliphatic imine (C=N–C) groups is 1. The van der Waals surface area contributed by atoms with Crippen molar-refractivity contribution in [3.63, 3.8) is 0 Å². The van der Waals surface area contributed by atoms with Crippen molar-refractivity contribution >= 4 is 29.0 Å². The molecule has 4 aromatic carbocycles. The van der Waals surface area contributed by atoms with E-state index in [4.69, 9.17) is 26.1 Å². The molecule has 1 aliphatic heterocycles. The van der Waals surface area contributed by atoms with E-state index in [1.54, 1.807) is 30.1 Å². The van der Waals surface area contributed by atoms with Crippen molar-refractivity contribution in [3.05, 3.63) is 124 Å². The Morgan fingerprint density at radius 3 is 2.18 bits per heavy atom. The molecule has 0 radical (unpaired) electrons. The van der Waals surface area contributed by atoms with Gasteiger partial charge in [-0.05, 0) is 53.4 Å². The molecule has 7 heteroatoms. The van der Waals surface area contributed by atoms with Gasteiger partial charge in [0.25, 0.3) is 5.91 Å². The van der Waals surface area contributed by atoms with Gasteiger partial charge in [0.05, 0.1) is 17.8 Å². The smallest absolute Gasteiger partial charge is 0.256 e. The summed E-state index contributed by atoms with van der Waals surface area (Å²) in [4.78, 5) is 19.1. The number of benzene rings is 4. The summed E-state index contributed by atoms with van der Waals surface area (Å²) in [5.41, 5.74) is 4.41. The Balaban J connectivity index is 1.27. The van der Waals surface area contributed by atoms with Crippen LogP contribution in [0.25, 0.3) is 0 Å². The van der Waals surface area contributed by atoms with E-state index in [0.717, 1.165) is 28.9 Å². The molecule has 0 aliphatic carbocycles. The largest absolute Gasteiger partial charge is 0.485 e. The topological polar surface area (TPSA) is 63.2 Å². The molecule has 1 amide bonds. The molecular weight excluding hydrogens is 510 g/mol. The van der Waals surface area contributed by atoms with E-state index in [1.807, 2.05) is 72.8 Å². The number of carbonyl (C=O) groups is 1. The zero-order chi connectivity index (χ0) is 27.0. The third-order valence-corrected chi connectivity index (χ3v) is 6.64. The average Bonchev–Trinajstić information content (AvgIpc) is 3.08. The molecule has 0 atom stereocenters. The van der Waals surface area contributed by atoms with Crippen LogP contribution in [0.2, 0.25) is 5.02 Å². The molecule has 6 nitrogen and oxygen atoms in total. The Hall–Kier alpha value is -4.29. The summed E-state index contributed by atoms with van der Waals surface area (Å²) in [6.07, 6.45) is 0.741. The van der Waals surface area contributed by atoms with Crippen molar-refractivity contribution in [1.29, 1.82) is 0 Å². The first-order chi connectivity index (χ1) is 19.0. The third-order valence-electron chi connectivity index (χ3n) is 6.40. The minimum Gasteiger partial charge on any atom is -0.485 e. The van der Waals surface area contributed by atoms with E-state index < -0.39 is 0 Å². The van der Waals surface area contributed by atoms with Gasteiger partial charge in [-0.3, -0.25) is 4.79 Å². The van der Waals surface area contributed by atoms with Crippen LogP contribution in [0.3, 0.4) is 0 Å². The first-order valence-corrected chi connectivity index (χ1v) is 13.3. The molecule has 0 spiro atoms. The van der Waals surface area contributed by atoms with Gasteiger partial charge >= 0.3 is 0 Å². The highest BCUT2D eigenvalue weighted by molar-refractivity contribution is 6.31. The van der Waals surface area contributed by atoms with Crippen molar-refractivity contribution in [2.24, 2.45) is 4.99 Å². The van der Waals surface area contributed by atoms with Crippen LogP contribution in [0.1, 0.15) is 27.0 Å². The second kappa shape index (κ2) is 12.5. The summed E-state index contributed by atoms with van der Waals surface area (Å²) >= 11 is 6.11. The van der Waals surface area contributed by atoms with Crippen LogP contribution in [-0.2, 0) is 19.6 Å². The lowest BCUT2D eigenvalue weighted by Crippen LogP contribution is -2.37. The molecule has 4 aromatic rings. The van der Waals surface area contributed by atoms with E-state index in [9.17, 15) is 4.79 Å². The molecule has 5 rings (SSSR count). The van der Waals surface area contributed by atoms with Crippen molar-refractivity contribution in [3.8, 4) is 11.5 Å². The third kappa shape index (κ3) is 6.98. The van der Waals surface area contributed by atoms with Gasteiger partial charge in [0.2, 0.25) is 0 Å². The molecule has 1 aliphatic rings. The van der Waals surface area contributed by atoms with Gasteiger partial charge in [-0.25, -0.2) is 4.99 Å². The van der Waals surface area contributed by atoms with Gasteiger partial charge in [0.1, 0.15) is 19.0 Å². The Morgan fingerprint density at radius 2 is 1.49 bits per heavy atom. The molecule has 0 fully saturated rings. The molecule has 0 bridgehead atoms. The number of hydrogen-bond acceptors (Lipinski definition) is 5. The molecule has 0 aromatic heterocycles. The van der Waals surface area contributed by atoms with E-state index >= 15 is 0 Å². The molecular formula is C32H30ClN3O3. The van der Waals surface area contributed by atoms with Gasteiger partial charge in [-0.1, -0.05) is 78.3 Å². The fourth-order valence-corrected chi connectivity index (χ4v) is 4.49. The van der Waals surface area contributed by atoms with E-state index in [1.165, 1.54) is 0 Å².